The molecule has 0 aromatic heterocycles. The Kier molecular flexibility index (Phi) is 5.93. The smallest absolute Gasteiger partial charge is 0.371 e. The zero-order chi connectivity index (χ0) is 18.4. The fourth-order valence-electron chi connectivity index (χ4n) is 2.00. The van der Waals surface area contributed by atoms with Crippen molar-refractivity contribution in [2.75, 3.05) is 5.43 Å². The Morgan fingerprint density at radius 3 is 2.24 bits per heavy atom. The zero-order valence-corrected chi connectivity index (χ0v) is 15.0. The Morgan fingerprint density at radius 2 is 1.60 bits per heavy atom. The molecule has 0 aliphatic rings. The third-order valence-corrected chi connectivity index (χ3v) is 3.29. The molecule has 6 heteroatoms. The van der Waals surface area contributed by atoms with E-state index in [0.717, 1.165) is 0 Å². The monoisotopic (exact) mass is 358 g/mol. The lowest BCUT2D eigenvalue weighted by atomic mass is 10.0. The lowest BCUT2D eigenvalue weighted by molar-refractivity contribution is -0.145. The van der Waals surface area contributed by atoms with Gasteiger partial charge in [0.2, 0.25) is 5.17 Å². The first-order valence-corrected chi connectivity index (χ1v) is 8.07. The fraction of sp³-hybridized carbons (Fsp3) is 0.211. The summed E-state index contributed by atoms with van der Waals surface area (Å²) in [5.74, 6) is -0.902. The van der Waals surface area contributed by atoms with Crippen molar-refractivity contribution in [1.29, 1.82) is 0 Å². The van der Waals surface area contributed by atoms with Crippen molar-refractivity contribution in [2.45, 2.75) is 26.4 Å². The number of rotatable bonds is 5. The summed E-state index contributed by atoms with van der Waals surface area (Å²) in [6, 6.07) is 15.7. The average molecular weight is 359 g/mol. The molecular weight excluding hydrogens is 340 g/mol. The lowest BCUT2D eigenvalue weighted by Crippen LogP contribution is -2.27. The molecule has 0 saturated heterocycles. The molecule has 1 N–H and O–H groups in total. The van der Waals surface area contributed by atoms with Crippen LogP contribution in [0, 0.1) is 0 Å². The molecule has 2 aromatic rings. The van der Waals surface area contributed by atoms with Gasteiger partial charge >= 0.3 is 5.97 Å². The van der Waals surface area contributed by atoms with Gasteiger partial charge in [-0.15, -0.1) is 0 Å². The molecule has 0 aliphatic heterocycles. The van der Waals surface area contributed by atoms with Gasteiger partial charge in [-0.2, -0.15) is 5.10 Å². The van der Waals surface area contributed by atoms with Crippen LogP contribution < -0.4 is 5.43 Å². The maximum absolute atomic E-state index is 12.6. The maximum Gasteiger partial charge on any atom is 0.371 e. The molecule has 130 valence electrons. The van der Waals surface area contributed by atoms with Gasteiger partial charge in [0, 0.05) is 11.1 Å². The first-order chi connectivity index (χ1) is 11.8. The molecule has 0 spiro atoms. The van der Waals surface area contributed by atoms with Gasteiger partial charge in [-0.1, -0.05) is 54.1 Å². The van der Waals surface area contributed by atoms with Crippen molar-refractivity contribution in [3.63, 3.8) is 0 Å². The van der Waals surface area contributed by atoms with Crippen molar-refractivity contribution in [2.24, 2.45) is 5.10 Å². The summed E-state index contributed by atoms with van der Waals surface area (Å²) in [6.07, 6.45) is 0. The van der Waals surface area contributed by atoms with Gasteiger partial charge < -0.3 is 4.74 Å². The molecule has 0 amide bonds. The summed E-state index contributed by atoms with van der Waals surface area (Å²) in [6.45, 7) is 5.20. The number of ketones is 1. The van der Waals surface area contributed by atoms with E-state index in [-0.39, 0.29) is 11.0 Å². The number of hydrazone groups is 1. The van der Waals surface area contributed by atoms with Gasteiger partial charge in [-0.25, -0.2) is 4.79 Å². The van der Waals surface area contributed by atoms with Crippen molar-refractivity contribution >= 4 is 34.2 Å². The second-order valence-electron chi connectivity index (χ2n) is 6.26. The van der Waals surface area contributed by atoms with Crippen molar-refractivity contribution in [1.82, 2.24) is 0 Å². The molecule has 0 atom stereocenters. The van der Waals surface area contributed by atoms with E-state index < -0.39 is 11.6 Å². The number of ether oxygens (including phenoxy) is 1. The minimum absolute atomic E-state index is 0.160. The van der Waals surface area contributed by atoms with Crippen LogP contribution in [0.5, 0.6) is 0 Å². The van der Waals surface area contributed by atoms with Gasteiger partial charge in [-0.3, -0.25) is 10.2 Å². The van der Waals surface area contributed by atoms with Crippen LogP contribution in [0.3, 0.4) is 0 Å². The molecule has 0 heterocycles. The Labute approximate surface area is 151 Å². The van der Waals surface area contributed by atoms with Crippen molar-refractivity contribution in [3.8, 4) is 0 Å². The number of para-hydroxylation sites is 1. The third-order valence-electron chi connectivity index (χ3n) is 3.05. The van der Waals surface area contributed by atoms with Gasteiger partial charge in [-0.05, 0) is 32.9 Å². The van der Waals surface area contributed by atoms with Gasteiger partial charge in [0.1, 0.15) is 5.60 Å². The first kappa shape index (κ1) is 18.7. The highest BCUT2D eigenvalue weighted by molar-refractivity contribution is 6.82. The number of carbonyl (C=O) groups is 2. The van der Waals surface area contributed by atoms with E-state index in [9.17, 15) is 9.59 Å². The molecule has 0 bridgehead atoms. The number of hydrogen-bond donors (Lipinski definition) is 1. The zero-order valence-electron chi connectivity index (χ0n) is 14.2. The van der Waals surface area contributed by atoms with E-state index in [1.807, 2.05) is 6.07 Å². The number of benzene rings is 2. The normalized spacial score (nSPS) is 11.8. The van der Waals surface area contributed by atoms with Crippen LogP contribution in [0.2, 0.25) is 0 Å². The van der Waals surface area contributed by atoms with Crippen LogP contribution in [-0.2, 0) is 9.53 Å². The topological polar surface area (TPSA) is 67.8 Å². The molecule has 2 aromatic carbocycles. The van der Waals surface area contributed by atoms with E-state index in [1.165, 1.54) is 0 Å². The van der Waals surface area contributed by atoms with Crippen LogP contribution in [0.25, 0.3) is 0 Å². The Morgan fingerprint density at radius 1 is 1.00 bits per heavy atom. The fourth-order valence-corrected chi connectivity index (χ4v) is 2.08. The third kappa shape index (κ3) is 5.43. The molecule has 0 unspecified atom stereocenters. The predicted molar refractivity (Wildman–Crippen MR) is 99.1 cm³/mol. The number of nitrogens with one attached hydrogen (secondary N) is 1. The van der Waals surface area contributed by atoms with E-state index in [2.05, 4.69) is 10.5 Å². The highest BCUT2D eigenvalue weighted by Gasteiger charge is 2.20. The second-order valence-corrected chi connectivity index (χ2v) is 6.62. The van der Waals surface area contributed by atoms with Crippen LogP contribution >= 0.6 is 11.6 Å². The van der Waals surface area contributed by atoms with E-state index in [1.54, 1.807) is 69.3 Å². The largest absolute Gasteiger partial charge is 0.455 e. The second kappa shape index (κ2) is 7.94. The summed E-state index contributed by atoms with van der Waals surface area (Å²) in [5, 5.41) is 3.47. The highest BCUT2D eigenvalue weighted by Crippen LogP contribution is 2.19. The molecule has 0 fully saturated rings. The number of anilines is 1. The molecule has 0 saturated carbocycles. The Balaban J connectivity index is 2.20. The van der Waals surface area contributed by atoms with Crippen LogP contribution in [-0.4, -0.2) is 22.5 Å². The standard InChI is InChI=1S/C19H19ClN2O3/c1-19(2,3)25-18(24)17(20)22-21-15-12-8-7-11-14(15)16(23)13-9-5-4-6-10-13/h4-12,21H,1-3H3/b22-17+. The first-order valence-electron chi connectivity index (χ1n) is 7.69. The van der Waals surface area contributed by atoms with E-state index >= 15 is 0 Å². The van der Waals surface area contributed by atoms with Gasteiger partial charge in [0.25, 0.3) is 0 Å². The van der Waals surface area contributed by atoms with Crippen molar-refractivity contribution < 1.29 is 14.3 Å². The van der Waals surface area contributed by atoms with E-state index in [0.29, 0.717) is 16.8 Å². The molecule has 0 aliphatic carbocycles. The summed E-state index contributed by atoms with van der Waals surface area (Å²) >= 11 is 5.86. The predicted octanol–water partition coefficient (Wildman–Crippen LogP) is 4.22. The van der Waals surface area contributed by atoms with Crippen LogP contribution in [0.1, 0.15) is 36.7 Å². The van der Waals surface area contributed by atoms with Gasteiger partial charge in [0.15, 0.2) is 5.78 Å². The SMILES string of the molecule is CC(C)(C)OC(=O)/C(Cl)=N\Nc1ccccc1C(=O)c1ccccc1. The minimum atomic E-state index is -0.742. The number of halogens is 1. The quantitative estimate of drug-likeness (QED) is 0.376. The van der Waals surface area contributed by atoms with Crippen LogP contribution in [0.4, 0.5) is 5.69 Å². The summed E-state index contributed by atoms with van der Waals surface area (Å²) in [7, 11) is 0. The number of hydrogen-bond acceptors (Lipinski definition) is 5. The molecule has 0 radical (unpaired) electrons. The highest BCUT2D eigenvalue weighted by atomic mass is 35.5. The number of nitrogens with zero attached hydrogens (tertiary/aromatic N) is 1. The molecule has 2 rings (SSSR count). The number of carbonyl (C=O) groups excluding carboxylic acids is 2. The summed E-state index contributed by atoms with van der Waals surface area (Å²) in [4.78, 5) is 24.4. The Hall–Kier alpha value is -2.66. The van der Waals surface area contributed by atoms with Gasteiger partial charge in [0.05, 0.1) is 5.69 Å². The Bertz CT molecular complexity index is 796. The summed E-state index contributed by atoms with van der Waals surface area (Å²) < 4.78 is 5.13. The molecule has 25 heavy (non-hydrogen) atoms. The number of esters is 1. The molecule has 5 nitrogen and oxygen atoms in total. The lowest BCUT2D eigenvalue weighted by Gasteiger charge is -2.18. The van der Waals surface area contributed by atoms with Crippen molar-refractivity contribution in [3.05, 3.63) is 65.7 Å². The van der Waals surface area contributed by atoms with E-state index in [4.69, 9.17) is 16.3 Å². The minimum Gasteiger partial charge on any atom is -0.455 e. The maximum atomic E-state index is 12.6. The average Bonchev–Trinajstić information content (AvgIpc) is 2.58. The van der Waals surface area contributed by atoms with Crippen LogP contribution in [0.15, 0.2) is 59.7 Å². The summed E-state index contributed by atoms with van der Waals surface area (Å²) in [5.41, 5.74) is 3.41. The molecular formula is C19H19ClN2O3.